The first-order valence-electron chi connectivity index (χ1n) is 11.0. The van der Waals surface area contributed by atoms with Gasteiger partial charge < -0.3 is 14.2 Å². The summed E-state index contributed by atoms with van der Waals surface area (Å²) in [5.74, 6) is -0.0423. The number of carbonyl (C=O) groups is 1. The van der Waals surface area contributed by atoms with Crippen molar-refractivity contribution in [3.05, 3.63) is 76.1 Å². The zero-order valence-electron chi connectivity index (χ0n) is 20.3. The molecule has 0 spiro atoms. The van der Waals surface area contributed by atoms with E-state index in [1.165, 1.54) is 56.3 Å². The van der Waals surface area contributed by atoms with Crippen LogP contribution in [-0.2, 0) is 0 Å². The van der Waals surface area contributed by atoms with E-state index < -0.39 is 11.5 Å². The van der Waals surface area contributed by atoms with E-state index in [2.05, 4.69) is 20.7 Å². The van der Waals surface area contributed by atoms with Crippen molar-refractivity contribution in [2.45, 2.75) is 6.92 Å². The first-order valence-corrected chi connectivity index (χ1v) is 11.0. The van der Waals surface area contributed by atoms with Gasteiger partial charge in [-0.2, -0.15) is 5.10 Å². The van der Waals surface area contributed by atoms with Gasteiger partial charge in [-0.05, 0) is 42.8 Å². The minimum atomic E-state index is -0.607. The lowest BCUT2D eigenvalue weighted by molar-refractivity contribution is 0.101. The summed E-state index contributed by atoms with van der Waals surface area (Å²) < 4.78 is 31.8. The van der Waals surface area contributed by atoms with Crippen molar-refractivity contribution < 1.29 is 23.4 Å². The van der Waals surface area contributed by atoms with Crippen LogP contribution < -0.4 is 25.2 Å². The summed E-state index contributed by atoms with van der Waals surface area (Å²) in [5.41, 5.74) is 4.93. The number of aryl methyl sites for hydroxylation is 1. The number of ether oxygens (including phenoxy) is 3. The maximum absolute atomic E-state index is 13.4. The molecule has 0 aliphatic carbocycles. The Hall–Kier alpha value is -5.00. The zero-order valence-corrected chi connectivity index (χ0v) is 20.3. The Morgan fingerprint density at radius 3 is 2.27 bits per heavy atom. The number of nitrogens with one attached hydrogen (secondary N) is 1. The van der Waals surface area contributed by atoms with Gasteiger partial charge in [0.25, 0.3) is 11.5 Å². The lowest BCUT2D eigenvalue weighted by atomic mass is 10.1. The number of halogens is 1. The van der Waals surface area contributed by atoms with Crippen LogP contribution in [0.15, 0.2) is 53.5 Å². The average molecular weight is 504 g/mol. The predicted molar refractivity (Wildman–Crippen MR) is 132 cm³/mol. The van der Waals surface area contributed by atoms with Crippen molar-refractivity contribution in [3.8, 4) is 28.4 Å². The predicted octanol–water partition coefficient (Wildman–Crippen LogP) is 2.96. The molecule has 0 saturated carbocycles. The van der Waals surface area contributed by atoms with Crippen LogP contribution in [0.2, 0.25) is 0 Å². The number of amides is 1. The van der Waals surface area contributed by atoms with Crippen molar-refractivity contribution in [1.29, 1.82) is 0 Å². The smallest absolute Gasteiger partial charge is 0.299 e. The van der Waals surface area contributed by atoms with E-state index in [4.69, 9.17) is 14.2 Å². The second-order valence-electron chi connectivity index (χ2n) is 7.98. The van der Waals surface area contributed by atoms with Crippen molar-refractivity contribution in [2.24, 2.45) is 0 Å². The number of carbonyl (C=O) groups excluding carboxylic acids is 1. The van der Waals surface area contributed by atoms with Crippen LogP contribution in [0.4, 0.5) is 4.39 Å². The summed E-state index contributed by atoms with van der Waals surface area (Å²) >= 11 is 0. The number of hydrogen-bond acceptors (Lipinski definition) is 8. The van der Waals surface area contributed by atoms with Gasteiger partial charge in [0, 0.05) is 11.8 Å². The van der Waals surface area contributed by atoms with Gasteiger partial charge in [-0.15, -0.1) is 10.2 Å². The number of benzene rings is 2. The van der Waals surface area contributed by atoms with Crippen LogP contribution in [0, 0.1) is 12.7 Å². The van der Waals surface area contributed by atoms with E-state index >= 15 is 0 Å². The molecule has 1 amide bonds. The minimum Gasteiger partial charge on any atom is -0.493 e. The van der Waals surface area contributed by atoms with Crippen molar-refractivity contribution in [3.63, 3.8) is 0 Å². The molecule has 11 nitrogen and oxygen atoms in total. The normalized spacial score (nSPS) is 11.1. The largest absolute Gasteiger partial charge is 0.493 e. The molecule has 0 saturated heterocycles. The Labute approximate surface area is 209 Å². The van der Waals surface area contributed by atoms with Gasteiger partial charge in [0.15, 0.2) is 22.7 Å². The Kier molecular flexibility index (Phi) is 5.91. The van der Waals surface area contributed by atoms with Crippen LogP contribution in [0.1, 0.15) is 16.1 Å². The molecule has 1 N–H and O–H groups in total. The highest BCUT2D eigenvalue weighted by molar-refractivity contribution is 6.01. The Morgan fingerprint density at radius 2 is 1.65 bits per heavy atom. The fraction of sp³-hybridized carbons (Fsp3) is 0.160. The molecule has 0 radical (unpaired) electrons. The number of fused-ring (bicyclic) bond motifs is 3. The van der Waals surface area contributed by atoms with Gasteiger partial charge in [0.05, 0.1) is 32.6 Å². The Bertz CT molecular complexity index is 1700. The van der Waals surface area contributed by atoms with E-state index in [0.29, 0.717) is 33.7 Å². The van der Waals surface area contributed by atoms with E-state index in [9.17, 15) is 14.0 Å². The lowest BCUT2D eigenvalue weighted by Gasteiger charge is -2.14. The molecule has 12 heteroatoms. The third-order valence-electron chi connectivity index (χ3n) is 5.84. The maximum atomic E-state index is 13.4. The molecule has 188 valence electrons. The molecular weight excluding hydrogens is 483 g/mol. The first-order chi connectivity index (χ1) is 17.9. The number of nitrogens with zero attached hydrogens (tertiary/aromatic N) is 5. The molecule has 3 heterocycles. The number of rotatable bonds is 6. The topological polar surface area (TPSA) is 122 Å². The molecule has 3 aromatic heterocycles. The highest BCUT2D eigenvalue weighted by Crippen LogP contribution is 2.38. The highest BCUT2D eigenvalue weighted by Gasteiger charge is 2.20. The Morgan fingerprint density at radius 1 is 0.973 bits per heavy atom. The van der Waals surface area contributed by atoms with Gasteiger partial charge in [0.2, 0.25) is 5.75 Å². The molecule has 2 aromatic carbocycles. The second kappa shape index (κ2) is 9.22. The van der Waals surface area contributed by atoms with Crippen LogP contribution in [0.25, 0.3) is 27.8 Å². The molecule has 37 heavy (non-hydrogen) atoms. The van der Waals surface area contributed by atoms with Gasteiger partial charge in [-0.3, -0.25) is 15.0 Å². The SMILES string of the molecule is COc1cc(C(=O)Nn2ccc3c(nnc4c(-c5ccc(F)cc5)c(C)nn43)c2=O)cc(OC)c1OC. The molecule has 0 unspecified atom stereocenters. The third kappa shape index (κ3) is 3.97. The Balaban J connectivity index is 1.55. The summed E-state index contributed by atoms with van der Waals surface area (Å²) in [6.07, 6.45) is 1.40. The minimum absolute atomic E-state index is 0.00616. The maximum Gasteiger partial charge on any atom is 0.299 e. The quantitative estimate of drug-likeness (QED) is 0.375. The number of pyridine rings is 1. The molecule has 0 bridgehead atoms. The van der Waals surface area contributed by atoms with Gasteiger partial charge in [-0.1, -0.05) is 12.1 Å². The van der Waals surface area contributed by atoms with E-state index in [0.717, 1.165) is 4.68 Å². The van der Waals surface area contributed by atoms with Gasteiger partial charge >= 0.3 is 0 Å². The highest BCUT2D eigenvalue weighted by atomic mass is 19.1. The van der Waals surface area contributed by atoms with Gasteiger partial charge in [-0.25, -0.2) is 13.6 Å². The summed E-state index contributed by atoms with van der Waals surface area (Å²) in [4.78, 5) is 26.2. The van der Waals surface area contributed by atoms with Crippen molar-refractivity contribution >= 4 is 22.6 Å². The summed E-state index contributed by atoms with van der Waals surface area (Å²) in [5, 5.41) is 12.9. The molecule has 0 atom stereocenters. The van der Waals surface area contributed by atoms with E-state index in [1.807, 2.05) is 0 Å². The van der Waals surface area contributed by atoms with E-state index in [-0.39, 0.29) is 28.4 Å². The molecule has 0 aliphatic heterocycles. The summed E-state index contributed by atoms with van der Waals surface area (Å²) in [6.45, 7) is 1.79. The molecular formula is C25H21FN6O5. The number of hydrogen-bond donors (Lipinski definition) is 1. The van der Waals surface area contributed by atoms with Crippen LogP contribution in [0.3, 0.4) is 0 Å². The zero-order chi connectivity index (χ0) is 26.3. The van der Waals surface area contributed by atoms with Crippen LogP contribution in [-0.4, -0.2) is 51.7 Å². The second-order valence-corrected chi connectivity index (χ2v) is 7.98. The molecule has 5 aromatic rings. The number of aromatic nitrogens is 5. The van der Waals surface area contributed by atoms with Crippen molar-refractivity contribution in [1.82, 2.24) is 24.5 Å². The van der Waals surface area contributed by atoms with Crippen LogP contribution in [0.5, 0.6) is 17.2 Å². The molecule has 0 fully saturated rings. The first kappa shape index (κ1) is 23.7. The lowest BCUT2D eigenvalue weighted by Crippen LogP contribution is -2.33. The monoisotopic (exact) mass is 504 g/mol. The fourth-order valence-electron chi connectivity index (χ4n) is 4.08. The summed E-state index contributed by atoms with van der Waals surface area (Å²) in [6, 6.07) is 10.5. The third-order valence-corrected chi connectivity index (χ3v) is 5.84. The molecule has 5 rings (SSSR count). The van der Waals surface area contributed by atoms with Crippen LogP contribution >= 0.6 is 0 Å². The molecule has 0 aliphatic rings. The standard InChI is InChI=1S/C25H21FN6O5/c1-13-20(14-5-7-16(26)8-6-14)23-28-27-21-17(32(23)29-13)9-10-31(25(21)34)30-24(33)15-11-18(35-2)22(37-4)19(12-15)36-3/h5-12H,1-4H3,(H,30,33). The van der Waals surface area contributed by atoms with E-state index in [1.54, 1.807) is 25.1 Å². The van der Waals surface area contributed by atoms with Crippen molar-refractivity contribution in [2.75, 3.05) is 26.8 Å². The summed E-state index contributed by atoms with van der Waals surface area (Å²) in [7, 11) is 4.33. The van der Waals surface area contributed by atoms with Gasteiger partial charge in [0.1, 0.15) is 11.3 Å². The number of methoxy groups -OCH3 is 3. The average Bonchev–Trinajstić information content (AvgIpc) is 3.25. The fourth-order valence-corrected chi connectivity index (χ4v) is 4.08.